The van der Waals surface area contributed by atoms with Crippen LogP contribution in [0.15, 0.2) is 6.07 Å². The molecule has 0 aromatic carbocycles. The standard InChI is InChI=1S/C11H20N4O/c1-3-10(16)7-13-11-6-9(4-5-12)14-8(2)15-11/h6,10,16H,3-5,7,12H2,1-2H3,(H,13,14,15)/t10-/m1/s1. The van der Waals surface area contributed by atoms with Crippen LogP contribution in [0.4, 0.5) is 5.82 Å². The molecule has 0 radical (unpaired) electrons. The zero-order chi connectivity index (χ0) is 12.0. The van der Waals surface area contributed by atoms with Gasteiger partial charge in [-0.1, -0.05) is 6.92 Å². The molecule has 0 fully saturated rings. The van der Waals surface area contributed by atoms with Crippen LogP contribution in [-0.4, -0.2) is 34.3 Å². The maximum atomic E-state index is 9.44. The molecule has 90 valence electrons. The summed E-state index contributed by atoms with van der Waals surface area (Å²) in [6.07, 6.45) is 1.13. The Labute approximate surface area is 96.1 Å². The van der Waals surface area contributed by atoms with Crippen LogP contribution in [0, 0.1) is 6.92 Å². The second-order valence-electron chi connectivity index (χ2n) is 3.77. The molecule has 5 heteroatoms. The molecule has 1 aromatic heterocycles. The van der Waals surface area contributed by atoms with Crippen LogP contribution in [0.1, 0.15) is 24.9 Å². The summed E-state index contributed by atoms with van der Waals surface area (Å²) in [5.74, 6) is 1.47. The maximum Gasteiger partial charge on any atom is 0.130 e. The van der Waals surface area contributed by atoms with E-state index in [-0.39, 0.29) is 6.10 Å². The number of aromatic nitrogens is 2. The van der Waals surface area contributed by atoms with Crippen LogP contribution < -0.4 is 11.1 Å². The quantitative estimate of drug-likeness (QED) is 0.654. The first-order valence-electron chi connectivity index (χ1n) is 5.62. The summed E-state index contributed by atoms with van der Waals surface area (Å²) in [5, 5.41) is 12.5. The third-order valence-electron chi connectivity index (χ3n) is 2.28. The van der Waals surface area contributed by atoms with Crippen molar-refractivity contribution in [2.45, 2.75) is 32.8 Å². The molecule has 16 heavy (non-hydrogen) atoms. The van der Waals surface area contributed by atoms with E-state index >= 15 is 0 Å². The number of hydrogen-bond donors (Lipinski definition) is 3. The van der Waals surface area contributed by atoms with Crippen molar-refractivity contribution in [3.05, 3.63) is 17.6 Å². The largest absolute Gasteiger partial charge is 0.391 e. The number of nitrogens with two attached hydrogens (primary N) is 1. The maximum absolute atomic E-state index is 9.44. The summed E-state index contributed by atoms with van der Waals surface area (Å²) in [4.78, 5) is 8.53. The third kappa shape index (κ3) is 4.12. The lowest BCUT2D eigenvalue weighted by atomic mass is 10.2. The van der Waals surface area contributed by atoms with Gasteiger partial charge in [0.05, 0.1) is 6.10 Å². The first kappa shape index (κ1) is 12.9. The van der Waals surface area contributed by atoms with Crippen molar-refractivity contribution in [2.75, 3.05) is 18.4 Å². The van der Waals surface area contributed by atoms with Crippen molar-refractivity contribution >= 4 is 5.82 Å². The van der Waals surface area contributed by atoms with E-state index < -0.39 is 0 Å². The molecule has 1 aromatic rings. The highest BCUT2D eigenvalue weighted by atomic mass is 16.3. The van der Waals surface area contributed by atoms with Gasteiger partial charge < -0.3 is 16.2 Å². The van der Waals surface area contributed by atoms with Crippen LogP contribution in [0.3, 0.4) is 0 Å². The van der Waals surface area contributed by atoms with E-state index in [1.807, 2.05) is 19.9 Å². The zero-order valence-corrected chi connectivity index (χ0v) is 9.90. The molecule has 0 spiro atoms. The summed E-state index contributed by atoms with van der Waals surface area (Å²) < 4.78 is 0. The second-order valence-corrected chi connectivity index (χ2v) is 3.77. The van der Waals surface area contributed by atoms with Gasteiger partial charge in [-0.15, -0.1) is 0 Å². The first-order chi connectivity index (χ1) is 7.65. The van der Waals surface area contributed by atoms with Gasteiger partial charge in [-0.25, -0.2) is 9.97 Å². The van der Waals surface area contributed by atoms with E-state index in [1.165, 1.54) is 0 Å². The molecule has 4 N–H and O–H groups in total. The predicted molar refractivity (Wildman–Crippen MR) is 64.3 cm³/mol. The molecule has 0 saturated heterocycles. The van der Waals surface area contributed by atoms with Crippen LogP contribution >= 0.6 is 0 Å². The van der Waals surface area contributed by atoms with Crippen LogP contribution in [0.5, 0.6) is 0 Å². The molecule has 0 amide bonds. The zero-order valence-electron chi connectivity index (χ0n) is 9.90. The fourth-order valence-electron chi connectivity index (χ4n) is 1.36. The van der Waals surface area contributed by atoms with Gasteiger partial charge in [-0.2, -0.15) is 0 Å². The number of aliphatic hydroxyl groups excluding tert-OH is 1. The number of rotatable bonds is 6. The lowest BCUT2D eigenvalue weighted by Crippen LogP contribution is -2.19. The Balaban J connectivity index is 2.64. The molecule has 0 bridgehead atoms. The van der Waals surface area contributed by atoms with Crippen LogP contribution in [0.25, 0.3) is 0 Å². The smallest absolute Gasteiger partial charge is 0.130 e. The number of hydrogen-bond acceptors (Lipinski definition) is 5. The van der Waals surface area contributed by atoms with E-state index in [4.69, 9.17) is 5.73 Å². The molecular weight excluding hydrogens is 204 g/mol. The van der Waals surface area contributed by atoms with Crippen molar-refractivity contribution in [1.29, 1.82) is 0 Å². The molecule has 0 aliphatic carbocycles. The van der Waals surface area contributed by atoms with Gasteiger partial charge in [0.2, 0.25) is 0 Å². The van der Waals surface area contributed by atoms with E-state index in [1.54, 1.807) is 0 Å². The van der Waals surface area contributed by atoms with Gasteiger partial charge in [0.1, 0.15) is 11.6 Å². The highest BCUT2D eigenvalue weighted by Gasteiger charge is 2.04. The Morgan fingerprint density at radius 1 is 1.50 bits per heavy atom. The molecule has 1 rings (SSSR count). The van der Waals surface area contributed by atoms with Gasteiger partial charge in [0, 0.05) is 24.7 Å². The number of aryl methyl sites for hydroxylation is 1. The van der Waals surface area contributed by atoms with Crippen molar-refractivity contribution in [3.8, 4) is 0 Å². The molecule has 1 heterocycles. The van der Waals surface area contributed by atoms with Gasteiger partial charge >= 0.3 is 0 Å². The molecule has 0 unspecified atom stereocenters. The van der Waals surface area contributed by atoms with Crippen molar-refractivity contribution in [1.82, 2.24) is 9.97 Å². The predicted octanol–water partition coefficient (Wildman–Crippen LogP) is 0.469. The SMILES string of the molecule is CC[C@@H](O)CNc1cc(CCN)nc(C)n1. The van der Waals surface area contributed by atoms with Crippen molar-refractivity contribution < 1.29 is 5.11 Å². The molecule has 5 nitrogen and oxygen atoms in total. The Bertz CT molecular complexity index is 330. The summed E-state index contributed by atoms with van der Waals surface area (Å²) in [6, 6.07) is 1.88. The monoisotopic (exact) mass is 224 g/mol. The molecule has 0 saturated carbocycles. The summed E-state index contributed by atoms with van der Waals surface area (Å²) >= 11 is 0. The molecular formula is C11H20N4O. The summed E-state index contributed by atoms with van der Waals surface area (Å²) in [6.45, 7) is 4.88. The molecule has 0 aliphatic rings. The lowest BCUT2D eigenvalue weighted by molar-refractivity contribution is 0.183. The number of anilines is 1. The first-order valence-corrected chi connectivity index (χ1v) is 5.62. The Kier molecular flexibility index (Phi) is 5.14. The topological polar surface area (TPSA) is 84.1 Å². The van der Waals surface area contributed by atoms with E-state index in [0.29, 0.717) is 13.1 Å². The van der Waals surface area contributed by atoms with Gasteiger partial charge in [-0.3, -0.25) is 0 Å². The Morgan fingerprint density at radius 2 is 2.25 bits per heavy atom. The normalized spacial score (nSPS) is 12.5. The third-order valence-corrected chi connectivity index (χ3v) is 2.28. The van der Waals surface area contributed by atoms with Crippen LogP contribution in [0.2, 0.25) is 0 Å². The average molecular weight is 224 g/mol. The molecule has 0 aliphatic heterocycles. The molecule has 1 atom stereocenters. The van der Waals surface area contributed by atoms with Crippen molar-refractivity contribution in [3.63, 3.8) is 0 Å². The van der Waals surface area contributed by atoms with Crippen molar-refractivity contribution in [2.24, 2.45) is 5.73 Å². The second kappa shape index (κ2) is 6.40. The van der Waals surface area contributed by atoms with Gasteiger partial charge in [-0.05, 0) is 19.9 Å². The minimum atomic E-state index is -0.340. The van der Waals surface area contributed by atoms with E-state index in [2.05, 4.69) is 15.3 Å². The van der Waals surface area contributed by atoms with E-state index in [9.17, 15) is 5.11 Å². The van der Waals surface area contributed by atoms with Crippen LogP contribution in [-0.2, 0) is 6.42 Å². The lowest BCUT2D eigenvalue weighted by Gasteiger charge is -2.11. The Morgan fingerprint density at radius 3 is 2.88 bits per heavy atom. The summed E-state index contributed by atoms with van der Waals surface area (Å²) in [5.41, 5.74) is 6.42. The number of nitrogens with one attached hydrogen (secondary N) is 1. The fourth-order valence-corrected chi connectivity index (χ4v) is 1.36. The summed E-state index contributed by atoms with van der Waals surface area (Å²) in [7, 11) is 0. The van der Waals surface area contributed by atoms with Gasteiger partial charge in [0.25, 0.3) is 0 Å². The fraction of sp³-hybridized carbons (Fsp3) is 0.636. The van der Waals surface area contributed by atoms with E-state index in [0.717, 1.165) is 30.2 Å². The van der Waals surface area contributed by atoms with Gasteiger partial charge in [0.15, 0.2) is 0 Å². The highest BCUT2D eigenvalue weighted by Crippen LogP contribution is 2.07. The number of aliphatic hydroxyl groups is 1. The number of nitrogens with zero attached hydrogens (tertiary/aromatic N) is 2. The highest BCUT2D eigenvalue weighted by molar-refractivity contribution is 5.36. The minimum absolute atomic E-state index is 0.340. The Hall–Kier alpha value is -1.20. The average Bonchev–Trinajstić information content (AvgIpc) is 2.25. The minimum Gasteiger partial charge on any atom is -0.391 e.